The lowest BCUT2D eigenvalue weighted by atomic mass is 9.75. The molecule has 0 aliphatic carbocycles. The van der Waals surface area contributed by atoms with Crippen LogP contribution < -0.4 is 10.8 Å². The van der Waals surface area contributed by atoms with Crippen molar-refractivity contribution in [1.29, 1.82) is 0 Å². The average molecular weight is 397 g/mol. The van der Waals surface area contributed by atoms with E-state index in [2.05, 4.69) is 5.32 Å². The molecule has 1 heterocycles. The lowest BCUT2D eigenvalue weighted by Crippen LogP contribution is -2.49. The van der Waals surface area contributed by atoms with E-state index < -0.39 is 31.1 Å². The molecule has 3 rings (SSSR count). The number of nitrogens with one attached hydrogen (secondary N) is 1. The monoisotopic (exact) mass is 397 g/mol. The summed E-state index contributed by atoms with van der Waals surface area (Å²) in [6.45, 7) is 4.05. The molecule has 7 nitrogen and oxygen atoms in total. The third kappa shape index (κ3) is 4.67. The largest absolute Gasteiger partial charge is 0.492 e. The number of benzene rings is 2. The predicted molar refractivity (Wildman–Crippen MR) is 108 cm³/mol. The van der Waals surface area contributed by atoms with Gasteiger partial charge in [0.1, 0.15) is 0 Å². The van der Waals surface area contributed by atoms with E-state index in [4.69, 9.17) is 14.1 Å². The summed E-state index contributed by atoms with van der Waals surface area (Å²) < 4.78 is 15.9. The molecule has 2 N–H and O–H groups in total. The number of carbonyl (C=O) groups excluding carboxylic acids is 2. The van der Waals surface area contributed by atoms with Gasteiger partial charge < -0.3 is 24.5 Å². The van der Waals surface area contributed by atoms with Crippen LogP contribution in [0.25, 0.3) is 0 Å². The first-order chi connectivity index (χ1) is 13.9. The molecule has 0 fully saturated rings. The molecule has 0 aromatic heterocycles. The Balaban J connectivity index is 1.74. The van der Waals surface area contributed by atoms with E-state index in [1.807, 2.05) is 30.3 Å². The first-order valence-corrected chi connectivity index (χ1v) is 9.38. The Kier molecular flexibility index (Phi) is 6.69. The Labute approximate surface area is 170 Å². The zero-order valence-corrected chi connectivity index (χ0v) is 16.7. The van der Waals surface area contributed by atoms with Gasteiger partial charge in [-0.25, -0.2) is 4.79 Å². The van der Waals surface area contributed by atoms with E-state index in [9.17, 15) is 14.6 Å². The molecule has 0 saturated carbocycles. The highest BCUT2D eigenvalue weighted by molar-refractivity contribution is 6.62. The third-order valence-corrected chi connectivity index (χ3v) is 5.06. The summed E-state index contributed by atoms with van der Waals surface area (Å²) in [5.74, 6) is -1.05. The van der Waals surface area contributed by atoms with E-state index in [0.717, 1.165) is 11.1 Å². The Hall–Kier alpha value is -2.68. The van der Waals surface area contributed by atoms with Gasteiger partial charge in [0.2, 0.25) is 0 Å². The lowest BCUT2D eigenvalue weighted by molar-refractivity contribution is -0.147. The number of carbonyl (C=O) groups is 2. The predicted octanol–water partition coefficient (Wildman–Crippen LogP) is 1.09. The Morgan fingerprint density at radius 2 is 1.97 bits per heavy atom. The maximum atomic E-state index is 12.9. The quantitative estimate of drug-likeness (QED) is 0.537. The lowest BCUT2D eigenvalue weighted by Gasteiger charge is -2.24. The van der Waals surface area contributed by atoms with Crippen LogP contribution in [0, 0.1) is 6.92 Å². The minimum absolute atomic E-state index is 0.298. The van der Waals surface area contributed by atoms with E-state index in [0.29, 0.717) is 29.8 Å². The molecular formula is C21H24BNO6. The van der Waals surface area contributed by atoms with Gasteiger partial charge in [-0.1, -0.05) is 36.4 Å². The number of esters is 1. The van der Waals surface area contributed by atoms with E-state index in [1.54, 1.807) is 26.0 Å². The van der Waals surface area contributed by atoms with Gasteiger partial charge in [0.25, 0.3) is 5.91 Å². The fraction of sp³-hybridized carbons (Fsp3) is 0.333. The molecule has 0 bridgehead atoms. The van der Waals surface area contributed by atoms with Crippen molar-refractivity contribution in [1.82, 2.24) is 5.32 Å². The molecule has 1 aliphatic rings. The summed E-state index contributed by atoms with van der Waals surface area (Å²) in [5.41, 5.74) is 3.37. The van der Waals surface area contributed by atoms with Gasteiger partial charge in [0, 0.05) is 5.56 Å². The van der Waals surface area contributed by atoms with Crippen LogP contribution in [0.5, 0.6) is 0 Å². The molecule has 0 spiro atoms. The highest BCUT2D eigenvalue weighted by Crippen LogP contribution is 2.17. The van der Waals surface area contributed by atoms with Crippen LogP contribution in [0.3, 0.4) is 0 Å². The zero-order valence-electron chi connectivity index (χ0n) is 16.7. The second-order valence-electron chi connectivity index (χ2n) is 6.95. The molecular weight excluding hydrogens is 373 g/mol. The molecule has 0 radical (unpaired) electrons. The molecule has 2 atom stereocenters. The third-order valence-electron chi connectivity index (χ3n) is 5.06. The highest BCUT2D eigenvalue weighted by Gasteiger charge is 2.33. The standard InChI is InChI=1S/C21H24BNO6/c1-13-17(10-9-16-12-29-22(26)18(13)16)20(24)23-19(21(25)27-3)14(2)28-11-15-7-5-4-6-8-15/h4-10,14,19,26H,11-12H2,1-3H3,(H,23,24)/t14?,19-/m0/s1. The highest BCUT2D eigenvalue weighted by atomic mass is 16.5. The second-order valence-corrected chi connectivity index (χ2v) is 6.95. The molecule has 0 saturated heterocycles. The molecule has 1 aliphatic heterocycles. The van der Waals surface area contributed by atoms with Crippen molar-refractivity contribution in [3.8, 4) is 0 Å². The normalized spacial score (nSPS) is 14.8. The van der Waals surface area contributed by atoms with Crippen molar-refractivity contribution in [3.05, 3.63) is 64.7 Å². The van der Waals surface area contributed by atoms with E-state index >= 15 is 0 Å². The van der Waals surface area contributed by atoms with Crippen molar-refractivity contribution in [2.24, 2.45) is 0 Å². The fourth-order valence-electron chi connectivity index (χ4n) is 3.36. The van der Waals surface area contributed by atoms with Gasteiger partial charge in [-0.05, 0) is 42.1 Å². The van der Waals surface area contributed by atoms with Crippen LogP contribution >= 0.6 is 0 Å². The summed E-state index contributed by atoms with van der Waals surface area (Å²) in [6.07, 6.45) is -0.615. The minimum atomic E-state index is -1.05. The summed E-state index contributed by atoms with van der Waals surface area (Å²) in [6, 6.07) is 12.0. The second kappa shape index (κ2) is 9.22. The van der Waals surface area contributed by atoms with Crippen LogP contribution in [-0.4, -0.2) is 43.3 Å². The van der Waals surface area contributed by atoms with Crippen LogP contribution in [-0.2, 0) is 32.1 Å². The number of ether oxygens (including phenoxy) is 2. The van der Waals surface area contributed by atoms with Crippen molar-refractivity contribution in [2.75, 3.05) is 7.11 Å². The number of hydrogen-bond donors (Lipinski definition) is 2. The van der Waals surface area contributed by atoms with Gasteiger partial charge in [-0.2, -0.15) is 0 Å². The molecule has 8 heteroatoms. The number of rotatable bonds is 7. The van der Waals surface area contributed by atoms with E-state index in [-0.39, 0.29) is 0 Å². The van der Waals surface area contributed by atoms with Crippen LogP contribution in [0.4, 0.5) is 0 Å². The first kappa shape index (κ1) is 21.0. The topological polar surface area (TPSA) is 94.1 Å². The number of amides is 1. The minimum Gasteiger partial charge on any atom is -0.467 e. The Bertz CT molecular complexity index is 888. The maximum Gasteiger partial charge on any atom is 0.492 e. The number of fused-ring (bicyclic) bond motifs is 1. The zero-order chi connectivity index (χ0) is 21.0. The van der Waals surface area contributed by atoms with Gasteiger partial charge in [-0.3, -0.25) is 4.79 Å². The van der Waals surface area contributed by atoms with Gasteiger partial charge in [0.05, 0.1) is 26.4 Å². The van der Waals surface area contributed by atoms with Crippen molar-refractivity contribution in [2.45, 2.75) is 39.2 Å². The first-order valence-electron chi connectivity index (χ1n) is 9.38. The molecule has 2 aromatic rings. The van der Waals surface area contributed by atoms with Crippen molar-refractivity contribution < 1.29 is 28.7 Å². The summed E-state index contributed by atoms with van der Waals surface area (Å²) in [7, 11) is 0.210. The molecule has 2 aromatic carbocycles. The Morgan fingerprint density at radius 3 is 2.66 bits per heavy atom. The van der Waals surface area contributed by atoms with Crippen LogP contribution in [0.15, 0.2) is 42.5 Å². The number of methoxy groups -OCH3 is 1. The smallest absolute Gasteiger partial charge is 0.467 e. The SMILES string of the molecule is COC(=O)[C@@H](NC(=O)c1ccc2c(c1C)B(O)OC2)C(C)OCc1ccccc1. The summed E-state index contributed by atoms with van der Waals surface area (Å²) in [5, 5.41) is 12.7. The fourth-order valence-corrected chi connectivity index (χ4v) is 3.36. The molecule has 152 valence electrons. The number of hydrogen-bond acceptors (Lipinski definition) is 6. The van der Waals surface area contributed by atoms with Crippen LogP contribution in [0.2, 0.25) is 0 Å². The van der Waals surface area contributed by atoms with Crippen molar-refractivity contribution >= 4 is 24.5 Å². The van der Waals surface area contributed by atoms with Gasteiger partial charge in [-0.15, -0.1) is 0 Å². The van der Waals surface area contributed by atoms with Gasteiger partial charge >= 0.3 is 13.1 Å². The summed E-state index contributed by atoms with van der Waals surface area (Å²) >= 11 is 0. The Morgan fingerprint density at radius 1 is 1.24 bits per heavy atom. The van der Waals surface area contributed by atoms with Gasteiger partial charge in [0.15, 0.2) is 6.04 Å². The summed E-state index contributed by atoms with van der Waals surface area (Å²) in [4.78, 5) is 25.2. The maximum absolute atomic E-state index is 12.9. The van der Waals surface area contributed by atoms with Crippen molar-refractivity contribution in [3.63, 3.8) is 0 Å². The van der Waals surface area contributed by atoms with E-state index in [1.165, 1.54) is 7.11 Å². The molecule has 1 amide bonds. The molecule has 29 heavy (non-hydrogen) atoms. The molecule has 1 unspecified atom stereocenters. The van der Waals surface area contributed by atoms with Crippen LogP contribution in [0.1, 0.15) is 34.0 Å². The average Bonchev–Trinajstić information content (AvgIpc) is 3.12.